The lowest BCUT2D eigenvalue weighted by molar-refractivity contribution is -0.149. The Morgan fingerprint density at radius 2 is 1.88 bits per heavy atom. The molecule has 0 aliphatic heterocycles. The van der Waals surface area contributed by atoms with Gasteiger partial charge in [0.05, 0.1) is 11.3 Å². The van der Waals surface area contributed by atoms with E-state index in [4.69, 9.17) is 0 Å². The van der Waals surface area contributed by atoms with Gasteiger partial charge in [-0.25, -0.2) is 0 Å². The molecular formula is C12H21NO3. The minimum absolute atomic E-state index is 0.00102. The van der Waals surface area contributed by atoms with Crippen molar-refractivity contribution in [1.29, 1.82) is 0 Å². The maximum absolute atomic E-state index is 12.1. The van der Waals surface area contributed by atoms with Crippen LogP contribution in [-0.2, 0) is 9.59 Å². The summed E-state index contributed by atoms with van der Waals surface area (Å²) >= 11 is 0. The van der Waals surface area contributed by atoms with E-state index in [1.807, 2.05) is 27.7 Å². The minimum Gasteiger partial charge on any atom is -0.481 e. The summed E-state index contributed by atoms with van der Waals surface area (Å²) < 4.78 is 0. The Kier molecular flexibility index (Phi) is 3.61. The van der Waals surface area contributed by atoms with Crippen molar-refractivity contribution in [3.63, 3.8) is 0 Å². The standard InChI is InChI=1S/C12H21NO3/c1-5-13(6-2)10(14)9-7-12(9,8(3)4)11(15)16/h8-9H,5-7H2,1-4H3,(H,15,16). The van der Waals surface area contributed by atoms with Crippen molar-refractivity contribution in [2.45, 2.75) is 34.1 Å². The van der Waals surface area contributed by atoms with Crippen LogP contribution in [0.1, 0.15) is 34.1 Å². The summed E-state index contributed by atoms with van der Waals surface area (Å²) in [5, 5.41) is 9.25. The highest BCUT2D eigenvalue weighted by atomic mass is 16.4. The van der Waals surface area contributed by atoms with E-state index in [2.05, 4.69) is 0 Å². The lowest BCUT2D eigenvalue weighted by Crippen LogP contribution is -2.36. The highest BCUT2D eigenvalue weighted by molar-refractivity contribution is 5.92. The molecule has 0 spiro atoms. The van der Waals surface area contributed by atoms with Crippen LogP contribution in [0.3, 0.4) is 0 Å². The summed E-state index contributed by atoms with van der Waals surface area (Å²) in [6.45, 7) is 8.90. The summed E-state index contributed by atoms with van der Waals surface area (Å²) in [6.07, 6.45) is 0.495. The molecule has 1 N–H and O–H groups in total. The van der Waals surface area contributed by atoms with E-state index >= 15 is 0 Å². The van der Waals surface area contributed by atoms with Crippen molar-refractivity contribution in [3.05, 3.63) is 0 Å². The molecule has 2 atom stereocenters. The molecule has 0 bridgehead atoms. The topological polar surface area (TPSA) is 57.6 Å². The lowest BCUT2D eigenvalue weighted by atomic mass is 9.89. The number of nitrogens with zero attached hydrogens (tertiary/aromatic N) is 1. The number of carboxylic acids is 1. The van der Waals surface area contributed by atoms with Gasteiger partial charge >= 0.3 is 5.97 Å². The molecule has 0 aromatic heterocycles. The molecule has 1 aliphatic rings. The number of carbonyl (C=O) groups excluding carboxylic acids is 1. The Labute approximate surface area is 96.6 Å². The normalized spacial score (nSPS) is 27.9. The van der Waals surface area contributed by atoms with Crippen LogP contribution in [0, 0.1) is 17.3 Å². The summed E-state index contributed by atoms with van der Waals surface area (Å²) in [6, 6.07) is 0. The predicted molar refractivity (Wildman–Crippen MR) is 60.9 cm³/mol. The van der Waals surface area contributed by atoms with Gasteiger partial charge < -0.3 is 10.0 Å². The average molecular weight is 227 g/mol. The smallest absolute Gasteiger partial charge is 0.310 e. The van der Waals surface area contributed by atoms with Crippen LogP contribution < -0.4 is 0 Å². The molecule has 0 saturated heterocycles. The number of hydrogen-bond acceptors (Lipinski definition) is 2. The first kappa shape index (κ1) is 13.0. The molecule has 4 heteroatoms. The molecule has 1 saturated carbocycles. The molecule has 1 rings (SSSR count). The van der Waals surface area contributed by atoms with Crippen LogP contribution in [0.2, 0.25) is 0 Å². The molecule has 2 unspecified atom stereocenters. The Bertz CT molecular complexity index is 297. The van der Waals surface area contributed by atoms with Gasteiger partial charge in [-0.2, -0.15) is 0 Å². The molecule has 1 fully saturated rings. The van der Waals surface area contributed by atoms with Crippen LogP contribution in [-0.4, -0.2) is 35.0 Å². The van der Waals surface area contributed by atoms with E-state index in [-0.39, 0.29) is 17.7 Å². The zero-order valence-electron chi connectivity index (χ0n) is 10.5. The Hall–Kier alpha value is -1.06. The van der Waals surface area contributed by atoms with Gasteiger partial charge in [-0.1, -0.05) is 13.8 Å². The molecule has 0 aromatic carbocycles. The summed E-state index contributed by atoms with van der Waals surface area (Å²) in [5.41, 5.74) is -0.806. The second-order valence-corrected chi connectivity index (χ2v) is 4.77. The molecule has 4 nitrogen and oxygen atoms in total. The monoisotopic (exact) mass is 227 g/mol. The third kappa shape index (κ3) is 1.81. The average Bonchev–Trinajstić information content (AvgIpc) is 2.95. The van der Waals surface area contributed by atoms with Gasteiger partial charge in [0.25, 0.3) is 0 Å². The van der Waals surface area contributed by atoms with Gasteiger partial charge in [0.1, 0.15) is 0 Å². The van der Waals surface area contributed by atoms with Crippen molar-refractivity contribution in [3.8, 4) is 0 Å². The first-order valence-corrected chi connectivity index (χ1v) is 5.93. The van der Waals surface area contributed by atoms with Gasteiger partial charge in [0.15, 0.2) is 0 Å². The Balaban J connectivity index is 2.80. The predicted octanol–water partition coefficient (Wildman–Crippen LogP) is 1.60. The van der Waals surface area contributed by atoms with Crippen molar-refractivity contribution >= 4 is 11.9 Å². The van der Waals surface area contributed by atoms with E-state index in [0.29, 0.717) is 19.5 Å². The maximum Gasteiger partial charge on any atom is 0.310 e. The third-order valence-electron chi connectivity index (χ3n) is 3.81. The Morgan fingerprint density at radius 1 is 1.38 bits per heavy atom. The number of rotatable bonds is 5. The quantitative estimate of drug-likeness (QED) is 0.776. The fourth-order valence-electron chi connectivity index (χ4n) is 2.46. The van der Waals surface area contributed by atoms with Crippen molar-refractivity contribution in [2.24, 2.45) is 17.3 Å². The number of hydrogen-bond donors (Lipinski definition) is 1. The first-order valence-electron chi connectivity index (χ1n) is 5.93. The van der Waals surface area contributed by atoms with Crippen LogP contribution in [0.4, 0.5) is 0 Å². The second-order valence-electron chi connectivity index (χ2n) is 4.77. The molecule has 0 aromatic rings. The number of aliphatic carboxylic acids is 1. The van der Waals surface area contributed by atoms with Gasteiger partial charge in [0.2, 0.25) is 5.91 Å². The molecule has 0 radical (unpaired) electrons. The van der Waals surface area contributed by atoms with E-state index in [9.17, 15) is 14.7 Å². The molecular weight excluding hydrogens is 206 g/mol. The molecule has 16 heavy (non-hydrogen) atoms. The van der Waals surface area contributed by atoms with E-state index < -0.39 is 11.4 Å². The first-order chi connectivity index (χ1) is 7.41. The molecule has 1 aliphatic carbocycles. The minimum atomic E-state index is -0.826. The van der Waals surface area contributed by atoms with E-state index in [1.165, 1.54) is 0 Å². The lowest BCUT2D eigenvalue weighted by Gasteiger charge is -2.22. The van der Waals surface area contributed by atoms with E-state index in [0.717, 1.165) is 0 Å². The van der Waals surface area contributed by atoms with E-state index in [1.54, 1.807) is 4.90 Å². The fraction of sp³-hybridized carbons (Fsp3) is 0.833. The molecule has 92 valence electrons. The SMILES string of the molecule is CCN(CC)C(=O)C1CC1(C(=O)O)C(C)C. The van der Waals surface area contributed by atoms with Gasteiger partial charge in [0, 0.05) is 13.1 Å². The molecule has 0 heterocycles. The number of carbonyl (C=O) groups is 2. The zero-order valence-corrected chi connectivity index (χ0v) is 10.5. The van der Waals surface area contributed by atoms with Crippen LogP contribution >= 0.6 is 0 Å². The zero-order chi connectivity index (χ0) is 12.5. The van der Waals surface area contributed by atoms with Crippen LogP contribution in [0.5, 0.6) is 0 Å². The highest BCUT2D eigenvalue weighted by Gasteiger charge is 2.66. The van der Waals surface area contributed by atoms with Crippen molar-refractivity contribution < 1.29 is 14.7 Å². The summed E-state index contributed by atoms with van der Waals surface area (Å²) in [4.78, 5) is 25.0. The highest BCUT2D eigenvalue weighted by Crippen LogP contribution is 2.58. The van der Waals surface area contributed by atoms with Crippen molar-refractivity contribution in [1.82, 2.24) is 4.90 Å². The summed E-state index contributed by atoms with van der Waals surface area (Å²) in [5.74, 6) is -1.13. The van der Waals surface area contributed by atoms with Gasteiger partial charge in [-0.15, -0.1) is 0 Å². The summed E-state index contributed by atoms with van der Waals surface area (Å²) in [7, 11) is 0. The maximum atomic E-state index is 12.1. The van der Waals surface area contributed by atoms with Crippen molar-refractivity contribution in [2.75, 3.05) is 13.1 Å². The van der Waals surface area contributed by atoms with Gasteiger partial charge in [-0.05, 0) is 26.2 Å². The van der Waals surface area contributed by atoms with Gasteiger partial charge in [-0.3, -0.25) is 9.59 Å². The number of carboxylic acid groups (broad SMARTS) is 1. The Morgan fingerprint density at radius 3 is 2.12 bits per heavy atom. The largest absolute Gasteiger partial charge is 0.481 e. The van der Waals surface area contributed by atoms with Crippen LogP contribution in [0.15, 0.2) is 0 Å². The van der Waals surface area contributed by atoms with Crippen LogP contribution in [0.25, 0.3) is 0 Å². The second kappa shape index (κ2) is 4.44. The molecule has 1 amide bonds. The third-order valence-corrected chi connectivity index (χ3v) is 3.81. The fourth-order valence-corrected chi connectivity index (χ4v) is 2.46. The number of amides is 1.